The standard InChI is InChI=1S/C16H21F2NO2S/c1-16(2,3)21-15(20)19-9-7-11(8-10-19)22-14-12(17)5-4-6-13(14)18/h4-6,11H,7-10H2,1-3H3. The number of thioether (sulfide) groups is 1. The third kappa shape index (κ3) is 4.60. The summed E-state index contributed by atoms with van der Waals surface area (Å²) in [6.45, 7) is 6.57. The van der Waals surface area contributed by atoms with Gasteiger partial charge in [-0.3, -0.25) is 0 Å². The summed E-state index contributed by atoms with van der Waals surface area (Å²) in [7, 11) is 0. The maximum Gasteiger partial charge on any atom is 0.410 e. The van der Waals surface area contributed by atoms with E-state index >= 15 is 0 Å². The van der Waals surface area contributed by atoms with Gasteiger partial charge in [0.1, 0.15) is 17.2 Å². The number of hydrogen-bond acceptors (Lipinski definition) is 3. The lowest BCUT2D eigenvalue weighted by Gasteiger charge is -2.33. The SMILES string of the molecule is CC(C)(C)OC(=O)N1CCC(Sc2c(F)cccc2F)CC1. The summed E-state index contributed by atoms with van der Waals surface area (Å²) in [6.07, 6.45) is 1.06. The summed E-state index contributed by atoms with van der Waals surface area (Å²) in [5, 5.41) is 0.102. The van der Waals surface area contributed by atoms with Crippen LogP contribution in [0.3, 0.4) is 0 Å². The van der Waals surface area contributed by atoms with Crippen LogP contribution in [0.15, 0.2) is 23.1 Å². The van der Waals surface area contributed by atoms with Crippen LogP contribution in [0, 0.1) is 11.6 Å². The third-order valence-electron chi connectivity index (χ3n) is 3.30. The molecule has 0 radical (unpaired) electrons. The maximum absolute atomic E-state index is 13.7. The molecule has 0 aliphatic carbocycles. The van der Waals surface area contributed by atoms with E-state index in [2.05, 4.69) is 0 Å². The number of carbonyl (C=O) groups is 1. The van der Waals surface area contributed by atoms with Gasteiger partial charge in [0.25, 0.3) is 0 Å². The molecule has 2 rings (SSSR count). The maximum atomic E-state index is 13.7. The van der Waals surface area contributed by atoms with E-state index in [0.717, 1.165) is 0 Å². The summed E-state index contributed by atoms with van der Waals surface area (Å²) in [6, 6.07) is 3.89. The van der Waals surface area contributed by atoms with Crippen molar-refractivity contribution in [2.24, 2.45) is 0 Å². The molecule has 22 heavy (non-hydrogen) atoms. The van der Waals surface area contributed by atoms with E-state index in [4.69, 9.17) is 4.74 Å². The Morgan fingerprint density at radius 1 is 1.23 bits per heavy atom. The van der Waals surface area contributed by atoms with Crippen molar-refractivity contribution < 1.29 is 18.3 Å². The molecule has 0 N–H and O–H groups in total. The van der Waals surface area contributed by atoms with Crippen molar-refractivity contribution in [3.63, 3.8) is 0 Å². The Morgan fingerprint density at radius 2 is 1.77 bits per heavy atom. The number of amides is 1. The van der Waals surface area contributed by atoms with Crippen LogP contribution in [0.1, 0.15) is 33.6 Å². The minimum absolute atomic E-state index is 0.0678. The number of ether oxygens (including phenoxy) is 1. The Balaban J connectivity index is 1.89. The number of halogens is 2. The molecule has 0 saturated carbocycles. The van der Waals surface area contributed by atoms with Crippen LogP contribution in [-0.2, 0) is 4.74 Å². The number of carbonyl (C=O) groups excluding carboxylic acids is 1. The zero-order chi connectivity index (χ0) is 16.3. The molecule has 0 unspecified atom stereocenters. The number of likely N-dealkylation sites (tertiary alicyclic amines) is 1. The van der Waals surface area contributed by atoms with Crippen LogP contribution in [0.5, 0.6) is 0 Å². The molecule has 0 bridgehead atoms. The molecule has 1 heterocycles. The van der Waals surface area contributed by atoms with Gasteiger partial charge in [-0.2, -0.15) is 0 Å². The van der Waals surface area contributed by atoms with E-state index in [1.807, 2.05) is 20.8 Å². The van der Waals surface area contributed by atoms with Crippen molar-refractivity contribution in [2.75, 3.05) is 13.1 Å². The summed E-state index contributed by atoms with van der Waals surface area (Å²) >= 11 is 1.22. The Labute approximate surface area is 134 Å². The Morgan fingerprint density at radius 3 is 2.27 bits per heavy atom. The van der Waals surface area contributed by atoms with Gasteiger partial charge in [0, 0.05) is 18.3 Å². The highest BCUT2D eigenvalue weighted by Crippen LogP contribution is 2.34. The molecular formula is C16H21F2NO2S. The van der Waals surface area contributed by atoms with Crippen molar-refractivity contribution >= 4 is 17.9 Å². The molecule has 0 aromatic heterocycles. The molecule has 1 saturated heterocycles. The summed E-state index contributed by atoms with van der Waals surface area (Å²) in [5.41, 5.74) is -0.515. The molecule has 1 aliphatic heterocycles. The van der Waals surface area contributed by atoms with Gasteiger partial charge in [-0.05, 0) is 45.7 Å². The zero-order valence-electron chi connectivity index (χ0n) is 13.1. The molecule has 0 spiro atoms. The van der Waals surface area contributed by atoms with Gasteiger partial charge in [0.15, 0.2) is 0 Å². The van der Waals surface area contributed by atoms with Crippen LogP contribution in [-0.4, -0.2) is 34.9 Å². The molecule has 1 aromatic rings. The highest BCUT2D eigenvalue weighted by Gasteiger charge is 2.28. The first-order valence-electron chi connectivity index (χ1n) is 7.35. The van der Waals surface area contributed by atoms with E-state index in [0.29, 0.717) is 25.9 Å². The van der Waals surface area contributed by atoms with Gasteiger partial charge in [0.2, 0.25) is 0 Å². The van der Waals surface area contributed by atoms with Gasteiger partial charge in [-0.15, -0.1) is 11.8 Å². The molecular weight excluding hydrogens is 308 g/mol. The van der Waals surface area contributed by atoms with Crippen molar-refractivity contribution in [1.29, 1.82) is 0 Å². The average molecular weight is 329 g/mol. The second-order valence-electron chi connectivity index (χ2n) is 6.34. The fourth-order valence-electron chi connectivity index (χ4n) is 2.24. The van der Waals surface area contributed by atoms with Crippen molar-refractivity contribution in [1.82, 2.24) is 4.90 Å². The third-order valence-corrected chi connectivity index (χ3v) is 4.73. The van der Waals surface area contributed by atoms with Crippen LogP contribution in [0.4, 0.5) is 13.6 Å². The van der Waals surface area contributed by atoms with E-state index in [1.165, 1.54) is 30.0 Å². The predicted octanol–water partition coefficient (Wildman–Crippen LogP) is 4.46. The normalized spacial score (nSPS) is 16.7. The van der Waals surface area contributed by atoms with Crippen LogP contribution >= 0.6 is 11.8 Å². The molecule has 0 atom stereocenters. The van der Waals surface area contributed by atoms with Gasteiger partial charge in [-0.1, -0.05) is 6.07 Å². The van der Waals surface area contributed by atoms with Gasteiger partial charge < -0.3 is 9.64 Å². The minimum Gasteiger partial charge on any atom is -0.444 e. The van der Waals surface area contributed by atoms with Crippen molar-refractivity contribution in [3.8, 4) is 0 Å². The lowest BCUT2D eigenvalue weighted by molar-refractivity contribution is 0.0219. The quantitative estimate of drug-likeness (QED) is 0.802. The fraction of sp³-hybridized carbons (Fsp3) is 0.562. The fourth-order valence-corrected chi connectivity index (χ4v) is 3.39. The number of piperidine rings is 1. The molecule has 1 aromatic carbocycles. The topological polar surface area (TPSA) is 29.5 Å². The van der Waals surface area contributed by atoms with Gasteiger partial charge in [-0.25, -0.2) is 13.6 Å². The highest BCUT2D eigenvalue weighted by molar-refractivity contribution is 8.00. The van der Waals surface area contributed by atoms with E-state index in [-0.39, 0.29) is 16.2 Å². The summed E-state index contributed by atoms with van der Waals surface area (Å²) in [4.78, 5) is 13.7. The Hall–Kier alpha value is -1.30. The first kappa shape index (κ1) is 17.1. The Kier molecular flexibility index (Phi) is 5.32. The molecule has 1 amide bonds. The van der Waals surface area contributed by atoms with Crippen LogP contribution < -0.4 is 0 Å². The number of rotatable bonds is 2. The average Bonchev–Trinajstić information content (AvgIpc) is 2.42. The van der Waals surface area contributed by atoms with E-state index in [9.17, 15) is 13.6 Å². The van der Waals surface area contributed by atoms with E-state index < -0.39 is 17.2 Å². The molecule has 1 fully saturated rings. The van der Waals surface area contributed by atoms with Crippen LogP contribution in [0.2, 0.25) is 0 Å². The van der Waals surface area contributed by atoms with Crippen molar-refractivity contribution in [2.45, 2.75) is 49.4 Å². The zero-order valence-corrected chi connectivity index (χ0v) is 13.9. The molecule has 3 nitrogen and oxygen atoms in total. The molecule has 122 valence electrons. The number of benzene rings is 1. The number of hydrogen-bond donors (Lipinski definition) is 0. The van der Waals surface area contributed by atoms with Gasteiger partial charge in [0.05, 0.1) is 4.90 Å². The molecule has 1 aliphatic rings. The predicted molar refractivity (Wildman–Crippen MR) is 83.0 cm³/mol. The largest absolute Gasteiger partial charge is 0.444 e. The van der Waals surface area contributed by atoms with Crippen LogP contribution in [0.25, 0.3) is 0 Å². The first-order valence-corrected chi connectivity index (χ1v) is 8.23. The highest BCUT2D eigenvalue weighted by atomic mass is 32.2. The van der Waals surface area contributed by atoms with E-state index in [1.54, 1.807) is 4.90 Å². The Bertz CT molecular complexity index is 517. The smallest absolute Gasteiger partial charge is 0.410 e. The second-order valence-corrected chi connectivity index (χ2v) is 7.65. The summed E-state index contributed by atoms with van der Waals surface area (Å²) < 4.78 is 32.6. The van der Waals surface area contributed by atoms with Crippen molar-refractivity contribution in [3.05, 3.63) is 29.8 Å². The molecule has 6 heteroatoms. The summed E-state index contributed by atoms with van der Waals surface area (Å²) in [5.74, 6) is -1.06. The first-order chi connectivity index (χ1) is 10.3. The minimum atomic E-state index is -0.528. The monoisotopic (exact) mass is 329 g/mol. The second kappa shape index (κ2) is 6.86. The lowest BCUT2D eigenvalue weighted by atomic mass is 10.1. The number of nitrogens with zero attached hydrogens (tertiary/aromatic N) is 1. The lowest BCUT2D eigenvalue weighted by Crippen LogP contribution is -2.42. The van der Waals surface area contributed by atoms with Gasteiger partial charge >= 0.3 is 6.09 Å².